The third kappa shape index (κ3) is 21.2. The van der Waals surface area contributed by atoms with Crippen LogP contribution in [0.25, 0.3) is 0 Å². The molecule has 10 N–H and O–H groups in total. The lowest BCUT2D eigenvalue weighted by Gasteiger charge is -2.27. The smallest absolute Gasteiger partial charge is 0.163 e. The Hall–Kier alpha value is -2.20. The maximum atomic E-state index is 7.66. The van der Waals surface area contributed by atoms with Crippen molar-refractivity contribution in [2.24, 2.45) is 47.0 Å². The van der Waals surface area contributed by atoms with E-state index in [0.717, 1.165) is 38.0 Å². The van der Waals surface area contributed by atoms with E-state index in [1.165, 1.54) is 71.1 Å². The lowest BCUT2D eigenvalue weighted by atomic mass is 9.87. The fourth-order valence-corrected chi connectivity index (χ4v) is 5.65. The van der Waals surface area contributed by atoms with Crippen LogP contribution in [-0.4, -0.2) is 85.5 Å². The van der Waals surface area contributed by atoms with Gasteiger partial charge >= 0.3 is 0 Å². The lowest BCUT2D eigenvalue weighted by Crippen LogP contribution is -2.43. The van der Waals surface area contributed by atoms with Crippen LogP contribution in [0.5, 0.6) is 0 Å². The Morgan fingerprint density at radius 3 is 1.02 bits per heavy atom. The van der Waals surface area contributed by atoms with E-state index in [4.69, 9.17) is 33.1 Å². The van der Waals surface area contributed by atoms with E-state index in [-0.39, 0.29) is 23.3 Å². The van der Waals surface area contributed by atoms with Crippen molar-refractivity contribution in [2.45, 2.75) is 100 Å². The topological polar surface area (TPSA) is 178 Å². The molecule has 0 aromatic carbocycles. The van der Waals surface area contributed by atoms with Gasteiger partial charge < -0.3 is 31.9 Å². The van der Waals surface area contributed by atoms with Gasteiger partial charge in [0.15, 0.2) is 23.3 Å². The predicted octanol–water partition coefficient (Wildman–Crippen LogP) is 5.18. The van der Waals surface area contributed by atoms with Gasteiger partial charge in [0, 0.05) is 26.2 Å². The summed E-state index contributed by atoms with van der Waals surface area (Å²) < 4.78 is 0. The van der Waals surface area contributed by atoms with E-state index in [1.807, 2.05) is 9.80 Å². The highest BCUT2D eigenvalue weighted by Crippen LogP contribution is 2.23. The van der Waals surface area contributed by atoms with Crippen LogP contribution in [0.2, 0.25) is 0 Å². The van der Waals surface area contributed by atoms with Gasteiger partial charge in [0.2, 0.25) is 0 Å². The molecule has 2 saturated heterocycles. The van der Waals surface area contributed by atoms with Gasteiger partial charge in [0.25, 0.3) is 0 Å². The number of hydrogen-bond donors (Lipinski definition) is 8. The first-order valence-electron chi connectivity index (χ1n) is 16.9. The van der Waals surface area contributed by atoms with E-state index in [2.05, 4.69) is 66.0 Å². The average molecular weight is 607 g/mol. The van der Waals surface area contributed by atoms with Gasteiger partial charge in [-0.2, -0.15) is 0 Å². The summed E-state index contributed by atoms with van der Waals surface area (Å²) in [6.45, 7) is 25.0. The quantitative estimate of drug-likeness (QED) is 0.112. The molecule has 0 radical (unpaired) electrons. The summed E-state index contributed by atoms with van der Waals surface area (Å²) in [5.74, 6) is 3.99. The van der Waals surface area contributed by atoms with Gasteiger partial charge in [-0.3, -0.25) is 21.6 Å². The highest BCUT2D eigenvalue weighted by molar-refractivity contribution is 6.37. The molecule has 0 aromatic heterocycles. The molecule has 43 heavy (non-hydrogen) atoms. The minimum Gasteiger partial charge on any atom is -0.381 e. The second kappa shape index (κ2) is 23.2. The zero-order valence-electron chi connectivity index (χ0n) is 29.1. The van der Waals surface area contributed by atoms with E-state index in [9.17, 15) is 0 Å². The average Bonchev–Trinajstić information content (AvgIpc) is 2.92. The van der Waals surface area contributed by atoms with E-state index >= 15 is 0 Å². The molecule has 2 fully saturated rings. The molecule has 0 atom stereocenters. The Kier molecular flexibility index (Phi) is 22.0. The number of amidine groups is 4. The number of piperidine rings is 2. The monoisotopic (exact) mass is 607 g/mol. The van der Waals surface area contributed by atoms with Gasteiger partial charge in [-0.1, -0.05) is 74.7 Å². The van der Waals surface area contributed by atoms with Crippen LogP contribution in [0.1, 0.15) is 100 Å². The Labute approximate surface area is 264 Å². The molecule has 0 aliphatic carbocycles. The Bertz CT molecular complexity index is 697. The van der Waals surface area contributed by atoms with Crippen LogP contribution in [0.4, 0.5) is 0 Å². The van der Waals surface area contributed by atoms with Crippen molar-refractivity contribution >= 4 is 23.3 Å². The van der Waals surface area contributed by atoms with Crippen molar-refractivity contribution in [1.29, 1.82) is 21.6 Å². The highest BCUT2D eigenvalue weighted by atomic mass is 15.2. The van der Waals surface area contributed by atoms with Crippen LogP contribution in [0.15, 0.2) is 0 Å². The van der Waals surface area contributed by atoms with E-state index in [0.29, 0.717) is 23.7 Å². The molecule has 2 heterocycles. The molecular weight excluding hydrogens is 536 g/mol. The Morgan fingerprint density at radius 2 is 0.814 bits per heavy atom. The second-order valence-corrected chi connectivity index (χ2v) is 14.2. The third-order valence-corrected chi connectivity index (χ3v) is 7.63. The first-order valence-corrected chi connectivity index (χ1v) is 16.9. The first-order chi connectivity index (χ1) is 20.1. The minimum absolute atomic E-state index is 0.146. The Balaban J connectivity index is 0.000000617. The third-order valence-electron chi connectivity index (χ3n) is 7.63. The Morgan fingerprint density at radius 1 is 0.558 bits per heavy atom. The second-order valence-electron chi connectivity index (χ2n) is 14.2. The number of hydrogen-bond acceptors (Lipinski definition) is 6. The van der Waals surface area contributed by atoms with Crippen LogP contribution < -0.4 is 22.1 Å². The maximum absolute atomic E-state index is 7.66. The predicted molar refractivity (Wildman–Crippen MR) is 187 cm³/mol. The fraction of sp³-hybridized carbons (Fsp3) is 0.879. The number of nitrogens with one attached hydrogen (secondary N) is 6. The maximum Gasteiger partial charge on any atom is 0.163 e. The summed E-state index contributed by atoms with van der Waals surface area (Å²) in [7, 11) is 0. The van der Waals surface area contributed by atoms with E-state index in [1.54, 1.807) is 0 Å². The van der Waals surface area contributed by atoms with Crippen LogP contribution in [0, 0.1) is 57.1 Å². The largest absolute Gasteiger partial charge is 0.381 e. The van der Waals surface area contributed by atoms with Crippen molar-refractivity contribution in [2.75, 3.05) is 52.4 Å². The zero-order chi connectivity index (χ0) is 32.9. The van der Waals surface area contributed by atoms with Gasteiger partial charge in [0.1, 0.15) is 0 Å². The first kappa shape index (κ1) is 40.8. The summed E-state index contributed by atoms with van der Waals surface area (Å²) >= 11 is 0. The summed E-state index contributed by atoms with van der Waals surface area (Å²) in [6, 6.07) is 0. The van der Waals surface area contributed by atoms with Crippen LogP contribution >= 0.6 is 0 Å². The summed E-state index contributed by atoms with van der Waals surface area (Å²) in [5.41, 5.74) is 10.6. The summed E-state index contributed by atoms with van der Waals surface area (Å²) in [6.07, 6.45) is 10.2. The van der Waals surface area contributed by atoms with Crippen molar-refractivity contribution in [1.82, 2.24) is 20.4 Å². The molecule has 0 amide bonds. The lowest BCUT2D eigenvalue weighted by molar-refractivity contribution is 0.304. The van der Waals surface area contributed by atoms with Crippen LogP contribution in [0.3, 0.4) is 0 Å². The molecule has 0 saturated carbocycles. The summed E-state index contributed by atoms with van der Waals surface area (Å²) in [4.78, 5) is 3.75. The number of nitrogens with two attached hydrogens (primary N) is 2. The van der Waals surface area contributed by atoms with Gasteiger partial charge in [0.05, 0.1) is 0 Å². The molecular formula is C33H70N10. The van der Waals surface area contributed by atoms with Gasteiger partial charge in [-0.05, 0) is 87.4 Å². The number of nitrogens with zero attached hydrogens (tertiary/aromatic N) is 2. The van der Waals surface area contributed by atoms with Crippen molar-refractivity contribution in [3.05, 3.63) is 0 Å². The molecule has 0 spiro atoms. The molecule has 252 valence electrons. The fourth-order valence-electron chi connectivity index (χ4n) is 5.65. The van der Waals surface area contributed by atoms with Crippen molar-refractivity contribution in [3.8, 4) is 0 Å². The van der Waals surface area contributed by atoms with Crippen LogP contribution in [-0.2, 0) is 0 Å². The van der Waals surface area contributed by atoms with Crippen molar-refractivity contribution in [3.63, 3.8) is 0 Å². The minimum atomic E-state index is -0.147. The normalized spacial score (nSPS) is 15.9. The number of rotatable bonds is 12. The van der Waals surface area contributed by atoms with Crippen molar-refractivity contribution < 1.29 is 0 Å². The van der Waals surface area contributed by atoms with Gasteiger partial charge in [-0.25, -0.2) is 0 Å². The zero-order valence-corrected chi connectivity index (χ0v) is 29.1. The highest BCUT2D eigenvalue weighted by Gasteiger charge is 2.17. The molecule has 2 aliphatic heterocycles. The molecule has 2 aliphatic rings. The molecule has 2 rings (SSSR count). The molecule has 0 aromatic rings. The molecule has 10 heteroatoms. The standard InChI is InChI=1S/C13H26N2.2C10H22N4/c1(2-12-4-8-14-9-5-12)3-13-6-10-15-11-7-13;2*1-7(2)5-14(6-8(3)4)10(13)9(11)12/h12-15H,1-11H2;2*7-8,13H,5-6H2,1-4H3,(H3,11,12). The van der Waals surface area contributed by atoms with E-state index < -0.39 is 0 Å². The van der Waals surface area contributed by atoms with Gasteiger partial charge in [-0.15, -0.1) is 0 Å². The SMILES string of the molecule is C(CC1CCNCC1)CC1CCNCC1.CC(C)CN(CC(C)C)C(=N)C(=N)N.CC(C)CN(CC(C)C)C(=N)C(=N)N. The molecule has 0 unspecified atom stereocenters. The molecule has 10 nitrogen and oxygen atoms in total. The summed E-state index contributed by atoms with van der Waals surface area (Å²) in [5, 5.41) is 36.7. The molecule has 0 bridgehead atoms.